The summed E-state index contributed by atoms with van der Waals surface area (Å²) < 4.78 is 1.82. The molecule has 0 saturated carbocycles. The molecule has 0 aliphatic carbocycles. The van der Waals surface area contributed by atoms with Crippen molar-refractivity contribution in [3.05, 3.63) is 29.1 Å². The van der Waals surface area contributed by atoms with Crippen molar-refractivity contribution in [3.8, 4) is 0 Å². The van der Waals surface area contributed by atoms with Crippen LogP contribution in [0.1, 0.15) is 36.7 Å². The highest BCUT2D eigenvalue weighted by molar-refractivity contribution is 8.00. The van der Waals surface area contributed by atoms with Crippen LogP contribution in [0.25, 0.3) is 11.0 Å². The lowest BCUT2D eigenvalue weighted by atomic mass is 10.0. The summed E-state index contributed by atoms with van der Waals surface area (Å²) in [5.74, 6) is 1.21. The van der Waals surface area contributed by atoms with E-state index in [9.17, 15) is 9.90 Å². The standard InChI is InChI=1S/C16H20N2O2S/c1-10-7-12-13(8-11(10)2)18(9-14(19)20)15(17-12)16(3)5-4-6-21-16/h7-8H,4-6,9H2,1-3H3,(H,19,20). The summed E-state index contributed by atoms with van der Waals surface area (Å²) >= 11 is 1.89. The summed E-state index contributed by atoms with van der Waals surface area (Å²) in [4.78, 5) is 16.1. The van der Waals surface area contributed by atoms with Crippen molar-refractivity contribution >= 4 is 28.8 Å². The van der Waals surface area contributed by atoms with Gasteiger partial charge in [-0.05, 0) is 62.6 Å². The molecule has 1 N–H and O–H groups in total. The molecule has 112 valence electrons. The smallest absolute Gasteiger partial charge is 0.323 e. The maximum atomic E-state index is 11.3. The van der Waals surface area contributed by atoms with Gasteiger partial charge >= 0.3 is 5.97 Å². The van der Waals surface area contributed by atoms with E-state index in [1.807, 2.05) is 16.3 Å². The van der Waals surface area contributed by atoms with Crippen molar-refractivity contribution in [2.75, 3.05) is 5.75 Å². The first-order chi connectivity index (χ1) is 9.90. The Kier molecular flexibility index (Phi) is 3.48. The Morgan fingerprint density at radius 3 is 2.76 bits per heavy atom. The number of rotatable bonds is 3. The molecule has 0 spiro atoms. The number of hydrogen-bond acceptors (Lipinski definition) is 3. The van der Waals surface area contributed by atoms with Gasteiger partial charge in [0, 0.05) is 0 Å². The van der Waals surface area contributed by atoms with Crippen molar-refractivity contribution in [2.24, 2.45) is 0 Å². The summed E-state index contributed by atoms with van der Waals surface area (Å²) in [6.45, 7) is 6.28. The van der Waals surface area contributed by atoms with Crippen LogP contribution in [0.15, 0.2) is 12.1 Å². The first-order valence-electron chi connectivity index (χ1n) is 7.24. The van der Waals surface area contributed by atoms with E-state index in [1.54, 1.807) is 0 Å². The minimum Gasteiger partial charge on any atom is -0.480 e. The molecule has 0 radical (unpaired) electrons. The fraction of sp³-hybridized carbons (Fsp3) is 0.500. The first kappa shape index (κ1) is 14.4. The summed E-state index contributed by atoms with van der Waals surface area (Å²) in [5.41, 5.74) is 4.20. The van der Waals surface area contributed by atoms with E-state index in [2.05, 4.69) is 32.9 Å². The lowest BCUT2D eigenvalue weighted by Gasteiger charge is -2.23. The van der Waals surface area contributed by atoms with Gasteiger partial charge in [-0.3, -0.25) is 4.79 Å². The van der Waals surface area contributed by atoms with E-state index < -0.39 is 5.97 Å². The third-order valence-electron chi connectivity index (χ3n) is 4.35. The highest BCUT2D eigenvalue weighted by Crippen LogP contribution is 2.46. The van der Waals surface area contributed by atoms with Gasteiger partial charge in [-0.1, -0.05) is 0 Å². The number of imidazole rings is 1. The molecule has 1 aliphatic rings. The van der Waals surface area contributed by atoms with Crippen LogP contribution in [0, 0.1) is 13.8 Å². The molecule has 4 nitrogen and oxygen atoms in total. The van der Waals surface area contributed by atoms with Gasteiger partial charge in [-0.2, -0.15) is 0 Å². The molecule has 2 aromatic rings. The average Bonchev–Trinajstić information content (AvgIpc) is 2.97. The largest absolute Gasteiger partial charge is 0.480 e. The highest BCUT2D eigenvalue weighted by Gasteiger charge is 2.36. The molecule has 21 heavy (non-hydrogen) atoms. The fourth-order valence-electron chi connectivity index (χ4n) is 3.03. The normalized spacial score (nSPS) is 22.0. The fourth-order valence-corrected chi connectivity index (χ4v) is 4.35. The van der Waals surface area contributed by atoms with Crippen molar-refractivity contribution in [3.63, 3.8) is 0 Å². The van der Waals surface area contributed by atoms with Gasteiger partial charge in [0.05, 0.1) is 15.8 Å². The number of hydrogen-bond donors (Lipinski definition) is 1. The lowest BCUT2D eigenvalue weighted by Crippen LogP contribution is -2.22. The van der Waals surface area contributed by atoms with Crippen LogP contribution in [0.4, 0.5) is 0 Å². The number of carboxylic acids is 1. The number of carbonyl (C=O) groups is 1. The molecule has 2 heterocycles. The third-order valence-corrected chi connectivity index (χ3v) is 5.87. The highest BCUT2D eigenvalue weighted by atomic mass is 32.2. The van der Waals surface area contributed by atoms with E-state index in [1.165, 1.54) is 11.1 Å². The van der Waals surface area contributed by atoms with Gasteiger partial charge in [0.25, 0.3) is 0 Å². The minimum atomic E-state index is -0.819. The van der Waals surface area contributed by atoms with Crippen LogP contribution in [0.5, 0.6) is 0 Å². The molecule has 1 aromatic carbocycles. The molecule has 1 aliphatic heterocycles. The van der Waals surface area contributed by atoms with Gasteiger partial charge in [-0.15, -0.1) is 11.8 Å². The number of fused-ring (bicyclic) bond motifs is 1. The number of aromatic nitrogens is 2. The molecule has 0 bridgehead atoms. The monoisotopic (exact) mass is 304 g/mol. The molecule has 0 amide bonds. The lowest BCUT2D eigenvalue weighted by molar-refractivity contribution is -0.137. The summed E-state index contributed by atoms with van der Waals surface area (Å²) in [6.07, 6.45) is 2.22. The topological polar surface area (TPSA) is 55.1 Å². The Hall–Kier alpha value is -1.49. The predicted molar refractivity (Wildman–Crippen MR) is 85.9 cm³/mol. The Balaban J connectivity index is 2.24. The van der Waals surface area contributed by atoms with E-state index in [-0.39, 0.29) is 11.3 Å². The van der Waals surface area contributed by atoms with Crippen molar-refractivity contribution in [1.29, 1.82) is 0 Å². The Bertz CT molecular complexity index is 715. The summed E-state index contributed by atoms with van der Waals surface area (Å²) in [7, 11) is 0. The van der Waals surface area contributed by atoms with Crippen molar-refractivity contribution < 1.29 is 9.90 Å². The minimum absolute atomic E-state index is 0.0233. The van der Waals surface area contributed by atoms with E-state index >= 15 is 0 Å². The zero-order valence-electron chi connectivity index (χ0n) is 12.6. The Labute approximate surface area is 128 Å². The van der Waals surface area contributed by atoms with Gasteiger partial charge in [0.1, 0.15) is 12.4 Å². The van der Waals surface area contributed by atoms with E-state index in [4.69, 9.17) is 4.98 Å². The van der Waals surface area contributed by atoms with Crippen LogP contribution in [0.3, 0.4) is 0 Å². The number of aliphatic carboxylic acids is 1. The molecule has 3 rings (SSSR count). The molecule has 1 unspecified atom stereocenters. The van der Waals surface area contributed by atoms with Crippen LogP contribution >= 0.6 is 11.8 Å². The Morgan fingerprint density at radius 1 is 1.43 bits per heavy atom. The first-order valence-corrected chi connectivity index (χ1v) is 8.23. The molecule has 1 saturated heterocycles. The number of carboxylic acid groups (broad SMARTS) is 1. The van der Waals surface area contributed by atoms with Crippen LogP contribution in [-0.2, 0) is 16.1 Å². The number of nitrogens with zero attached hydrogens (tertiary/aromatic N) is 2. The summed E-state index contributed by atoms with van der Waals surface area (Å²) in [6, 6.07) is 4.13. The number of aryl methyl sites for hydroxylation is 2. The maximum absolute atomic E-state index is 11.3. The molecule has 1 fully saturated rings. The molecular formula is C16H20N2O2S. The third kappa shape index (κ3) is 2.44. The number of benzene rings is 1. The zero-order valence-corrected chi connectivity index (χ0v) is 13.5. The zero-order chi connectivity index (χ0) is 15.2. The van der Waals surface area contributed by atoms with E-state index in [0.717, 1.165) is 35.5 Å². The number of thioether (sulfide) groups is 1. The summed E-state index contributed by atoms with van der Waals surface area (Å²) in [5, 5.41) is 9.26. The van der Waals surface area contributed by atoms with Crippen LogP contribution in [0.2, 0.25) is 0 Å². The van der Waals surface area contributed by atoms with Crippen LogP contribution in [-0.4, -0.2) is 26.4 Å². The second-order valence-electron chi connectivity index (χ2n) is 6.02. The maximum Gasteiger partial charge on any atom is 0.323 e. The molecule has 1 aromatic heterocycles. The molecule has 5 heteroatoms. The van der Waals surface area contributed by atoms with Gasteiger partial charge in [0.15, 0.2) is 0 Å². The van der Waals surface area contributed by atoms with E-state index in [0.29, 0.717) is 0 Å². The molecular weight excluding hydrogens is 284 g/mol. The van der Waals surface area contributed by atoms with Crippen molar-refractivity contribution in [1.82, 2.24) is 9.55 Å². The van der Waals surface area contributed by atoms with Crippen LogP contribution < -0.4 is 0 Å². The van der Waals surface area contributed by atoms with Gasteiger partial charge in [0.2, 0.25) is 0 Å². The SMILES string of the molecule is Cc1cc2nc(C3(C)CCCS3)n(CC(=O)O)c2cc1C. The predicted octanol–water partition coefficient (Wildman–Crippen LogP) is 3.48. The van der Waals surface area contributed by atoms with Crippen molar-refractivity contribution in [2.45, 2.75) is 44.9 Å². The second kappa shape index (κ2) is 5.05. The van der Waals surface area contributed by atoms with Gasteiger partial charge < -0.3 is 9.67 Å². The second-order valence-corrected chi connectivity index (χ2v) is 7.62. The van der Waals surface area contributed by atoms with Gasteiger partial charge in [-0.25, -0.2) is 4.98 Å². The average molecular weight is 304 g/mol. The quantitative estimate of drug-likeness (QED) is 0.943. The molecule has 1 atom stereocenters. The Morgan fingerprint density at radius 2 is 2.14 bits per heavy atom.